The first-order valence-corrected chi connectivity index (χ1v) is 9.18. The third-order valence-electron chi connectivity index (χ3n) is 5.48. The molecule has 2 aliphatic heterocycles. The SMILES string of the molecule is O=C1CCCN1CC(=O)N1C[C@@H](Cc2ccnc3ccccc23)[C@@H](O)C1. The Labute approximate surface area is 152 Å². The van der Waals surface area contributed by atoms with E-state index in [0.717, 1.165) is 22.9 Å². The molecular weight excluding hydrogens is 330 g/mol. The van der Waals surface area contributed by atoms with E-state index in [9.17, 15) is 14.7 Å². The van der Waals surface area contributed by atoms with Crippen molar-refractivity contribution >= 4 is 22.7 Å². The van der Waals surface area contributed by atoms with Crippen molar-refractivity contribution < 1.29 is 14.7 Å². The molecule has 1 aromatic heterocycles. The number of hydrogen-bond donors (Lipinski definition) is 1. The number of fused-ring (bicyclic) bond motifs is 1. The van der Waals surface area contributed by atoms with Crippen LogP contribution < -0.4 is 0 Å². The van der Waals surface area contributed by atoms with Crippen LogP contribution >= 0.6 is 0 Å². The molecule has 0 radical (unpaired) electrons. The normalized spacial score (nSPS) is 23.2. The zero-order valence-corrected chi connectivity index (χ0v) is 14.7. The molecule has 0 bridgehead atoms. The lowest BCUT2D eigenvalue weighted by molar-refractivity contribution is -0.137. The average Bonchev–Trinajstić information content (AvgIpc) is 3.21. The molecule has 0 unspecified atom stereocenters. The van der Waals surface area contributed by atoms with Crippen molar-refractivity contribution in [3.63, 3.8) is 0 Å². The number of pyridine rings is 1. The number of carbonyl (C=O) groups is 2. The number of likely N-dealkylation sites (tertiary alicyclic amines) is 2. The third kappa shape index (κ3) is 3.29. The first-order valence-electron chi connectivity index (χ1n) is 9.18. The second-order valence-corrected chi connectivity index (χ2v) is 7.24. The molecule has 1 aromatic carbocycles. The van der Waals surface area contributed by atoms with E-state index < -0.39 is 6.10 Å². The lowest BCUT2D eigenvalue weighted by Crippen LogP contribution is -2.40. The van der Waals surface area contributed by atoms with Crippen LogP contribution in [0.15, 0.2) is 36.5 Å². The molecule has 2 aromatic rings. The topological polar surface area (TPSA) is 73.7 Å². The van der Waals surface area contributed by atoms with Gasteiger partial charge in [0, 0.05) is 43.6 Å². The predicted molar refractivity (Wildman–Crippen MR) is 97.3 cm³/mol. The van der Waals surface area contributed by atoms with Gasteiger partial charge in [-0.2, -0.15) is 0 Å². The Morgan fingerprint density at radius 2 is 2.08 bits per heavy atom. The molecule has 1 N–H and O–H groups in total. The molecule has 0 saturated carbocycles. The second-order valence-electron chi connectivity index (χ2n) is 7.24. The van der Waals surface area contributed by atoms with Crippen LogP contribution in [0.1, 0.15) is 18.4 Å². The number of amides is 2. The smallest absolute Gasteiger partial charge is 0.242 e. The molecule has 2 saturated heterocycles. The van der Waals surface area contributed by atoms with E-state index in [0.29, 0.717) is 32.5 Å². The number of hydrogen-bond acceptors (Lipinski definition) is 4. The van der Waals surface area contributed by atoms with E-state index in [4.69, 9.17) is 0 Å². The van der Waals surface area contributed by atoms with Gasteiger partial charge >= 0.3 is 0 Å². The minimum Gasteiger partial charge on any atom is -0.391 e. The van der Waals surface area contributed by atoms with Crippen molar-refractivity contribution in [1.82, 2.24) is 14.8 Å². The van der Waals surface area contributed by atoms with Crippen molar-refractivity contribution in [2.45, 2.75) is 25.4 Å². The van der Waals surface area contributed by atoms with E-state index in [1.54, 1.807) is 16.0 Å². The fraction of sp³-hybridized carbons (Fsp3) is 0.450. The Balaban J connectivity index is 1.43. The Kier molecular flexibility index (Phi) is 4.59. The van der Waals surface area contributed by atoms with Gasteiger partial charge in [0.05, 0.1) is 18.2 Å². The number of rotatable bonds is 4. The third-order valence-corrected chi connectivity index (χ3v) is 5.48. The molecule has 2 atom stereocenters. The maximum absolute atomic E-state index is 12.5. The summed E-state index contributed by atoms with van der Waals surface area (Å²) in [4.78, 5) is 31.9. The zero-order chi connectivity index (χ0) is 18.1. The van der Waals surface area contributed by atoms with Crippen molar-refractivity contribution in [2.24, 2.45) is 5.92 Å². The van der Waals surface area contributed by atoms with E-state index >= 15 is 0 Å². The van der Waals surface area contributed by atoms with E-state index in [1.165, 1.54) is 0 Å². The van der Waals surface area contributed by atoms with E-state index in [1.807, 2.05) is 30.3 Å². The monoisotopic (exact) mass is 353 g/mol. The maximum atomic E-state index is 12.5. The molecule has 6 heteroatoms. The standard InChI is InChI=1S/C20H23N3O3/c24-18-12-23(20(26)13-22-9-3-6-19(22)25)11-15(18)10-14-7-8-21-17-5-2-1-4-16(14)17/h1-2,4-5,7-8,15,18,24H,3,6,9-13H2/t15-,18+/m1/s1. The maximum Gasteiger partial charge on any atom is 0.242 e. The fourth-order valence-electron chi connectivity index (χ4n) is 4.01. The highest BCUT2D eigenvalue weighted by molar-refractivity contribution is 5.86. The number of aliphatic hydroxyl groups excluding tert-OH is 1. The van der Waals surface area contributed by atoms with Crippen LogP contribution in [-0.4, -0.2) is 64.0 Å². The number of aromatic nitrogens is 1. The van der Waals surface area contributed by atoms with Gasteiger partial charge in [-0.3, -0.25) is 14.6 Å². The molecule has 4 rings (SSSR count). The van der Waals surface area contributed by atoms with Gasteiger partial charge in [-0.1, -0.05) is 18.2 Å². The summed E-state index contributed by atoms with van der Waals surface area (Å²) in [5.74, 6) is -0.0154. The summed E-state index contributed by atoms with van der Waals surface area (Å²) < 4.78 is 0. The predicted octanol–water partition coefficient (Wildman–Crippen LogP) is 1.22. The molecular formula is C20H23N3O3. The van der Waals surface area contributed by atoms with Gasteiger partial charge in [0.15, 0.2) is 0 Å². The van der Waals surface area contributed by atoms with Gasteiger partial charge in [-0.05, 0) is 30.5 Å². The highest BCUT2D eigenvalue weighted by atomic mass is 16.3. The molecule has 0 aliphatic carbocycles. The number of aliphatic hydroxyl groups is 1. The highest BCUT2D eigenvalue weighted by Gasteiger charge is 2.35. The number of para-hydroxylation sites is 1. The summed E-state index contributed by atoms with van der Waals surface area (Å²) in [5, 5.41) is 11.6. The number of carbonyl (C=O) groups excluding carboxylic acids is 2. The fourth-order valence-corrected chi connectivity index (χ4v) is 4.01. The molecule has 3 heterocycles. The van der Waals surface area contributed by atoms with Crippen molar-refractivity contribution in [1.29, 1.82) is 0 Å². The van der Waals surface area contributed by atoms with Crippen molar-refractivity contribution in [3.8, 4) is 0 Å². The first-order chi connectivity index (χ1) is 12.6. The van der Waals surface area contributed by atoms with Crippen LogP contribution in [0, 0.1) is 5.92 Å². The number of β-amino-alcohol motifs (C(OH)–C–C–N with tert-alkyl or cyclic N) is 1. The summed E-state index contributed by atoms with van der Waals surface area (Å²) in [7, 11) is 0. The second kappa shape index (κ2) is 7.03. The minimum atomic E-state index is -0.542. The molecule has 136 valence electrons. The first kappa shape index (κ1) is 17.0. The Hall–Kier alpha value is -2.47. The zero-order valence-electron chi connectivity index (χ0n) is 14.7. The van der Waals surface area contributed by atoms with Gasteiger partial charge in [-0.15, -0.1) is 0 Å². The van der Waals surface area contributed by atoms with Crippen LogP contribution in [0.5, 0.6) is 0 Å². The van der Waals surface area contributed by atoms with Gasteiger partial charge in [0.2, 0.25) is 11.8 Å². The van der Waals surface area contributed by atoms with Gasteiger partial charge < -0.3 is 14.9 Å². The van der Waals surface area contributed by atoms with Crippen molar-refractivity contribution in [3.05, 3.63) is 42.1 Å². The number of nitrogens with zero attached hydrogens (tertiary/aromatic N) is 3. The molecule has 2 aliphatic rings. The lowest BCUT2D eigenvalue weighted by atomic mass is 9.94. The lowest BCUT2D eigenvalue weighted by Gasteiger charge is -2.21. The van der Waals surface area contributed by atoms with Crippen LogP contribution in [0.2, 0.25) is 0 Å². The molecule has 26 heavy (non-hydrogen) atoms. The van der Waals surface area contributed by atoms with Crippen LogP contribution in [0.3, 0.4) is 0 Å². The molecule has 2 amide bonds. The van der Waals surface area contributed by atoms with Crippen molar-refractivity contribution in [2.75, 3.05) is 26.2 Å². The van der Waals surface area contributed by atoms with Gasteiger partial charge in [0.25, 0.3) is 0 Å². The summed E-state index contributed by atoms with van der Waals surface area (Å²) >= 11 is 0. The van der Waals surface area contributed by atoms with E-state index in [2.05, 4.69) is 4.98 Å². The van der Waals surface area contributed by atoms with Gasteiger partial charge in [-0.25, -0.2) is 0 Å². The number of benzene rings is 1. The van der Waals surface area contributed by atoms with Crippen LogP contribution in [0.4, 0.5) is 0 Å². The Morgan fingerprint density at radius 1 is 1.23 bits per heavy atom. The average molecular weight is 353 g/mol. The quantitative estimate of drug-likeness (QED) is 0.897. The minimum absolute atomic E-state index is 0.000893. The molecule has 2 fully saturated rings. The van der Waals surface area contributed by atoms with Gasteiger partial charge in [0.1, 0.15) is 0 Å². The van der Waals surface area contributed by atoms with Crippen LogP contribution in [-0.2, 0) is 16.0 Å². The summed E-state index contributed by atoms with van der Waals surface area (Å²) in [6, 6.07) is 9.96. The Bertz CT molecular complexity index is 833. The largest absolute Gasteiger partial charge is 0.391 e. The summed E-state index contributed by atoms with van der Waals surface area (Å²) in [5.41, 5.74) is 2.08. The summed E-state index contributed by atoms with van der Waals surface area (Å²) in [6.07, 6.45) is 3.32. The molecule has 0 spiro atoms. The van der Waals surface area contributed by atoms with Crippen LogP contribution in [0.25, 0.3) is 10.9 Å². The Morgan fingerprint density at radius 3 is 2.88 bits per heavy atom. The highest BCUT2D eigenvalue weighted by Crippen LogP contribution is 2.25. The van der Waals surface area contributed by atoms with E-state index in [-0.39, 0.29) is 24.3 Å². The molecule has 6 nitrogen and oxygen atoms in total. The summed E-state index contributed by atoms with van der Waals surface area (Å²) in [6.45, 7) is 1.66.